The number of carbonyl (C=O) groups is 1. The summed E-state index contributed by atoms with van der Waals surface area (Å²) in [7, 11) is 1.85. The van der Waals surface area contributed by atoms with Crippen molar-refractivity contribution in [3.05, 3.63) is 24.0 Å². The lowest BCUT2D eigenvalue weighted by molar-refractivity contribution is -0.117. The molecule has 2 N–H and O–H groups in total. The Morgan fingerprint density at radius 1 is 1.50 bits per heavy atom. The first-order valence-corrected chi connectivity index (χ1v) is 7.00. The molecule has 0 saturated carbocycles. The maximum atomic E-state index is 14.0. The summed E-state index contributed by atoms with van der Waals surface area (Å²) in [5.74, 6) is 0.0383. The predicted octanol–water partition coefficient (Wildman–Crippen LogP) is 2.22. The Labute approximate surface area is 119 Å². The van der Waals surface area contributed by atoms with Crippen molar-refractivity contribution in [2.24, 2.45) is 5.92 Å². The Morgan fingerprint density at radius 2 is 2.20 bits per heavy atom. The van der Waals surface area contributed by atoms with Crippen molar-refractivity contribution in [3.63, 3.8) is 0 Å². The van der Waals surface area contributed by atoms with Crippen molar-refractivity contribution in [1.29, 1.82) is 0 Å². The van der Waals surface area contributed by atoms with Crippen LogP contribution in [0.5, 0.6) is 0 Å². The number of carbonyl (C=O) groups excluding carboxylic acids is 1. The van der Waals surface area contributed by atoms with Crippen molar-refractivity contribution in [2.75, 3.05) is 30.4 Å². The van der Waals surface area contributed by atoms with Gasteiger partial charge in [0.05, 0.1) is 5.69 Å². The second-order valence-corrected chi connectivity index (χ2v) is 5.65. The van der Waals surface area contributed by atoms with Gasteiger partial charge in [-0.2, -0.15) is 0 Å². The highest BCUT2D eigenvalue weighted by Gasteiger charge is 2.20. The number of anilines is 2. The quantitative estimate of drug-likeness (QED) is 0.868. The molecule has 5 heteroatoms. The van der Waals surface area contributed by atoms with Crippen LogP contribution in [0.25, 0.3) is 0 Å². The van der Waals surface area contributed by atoms with E-state index in [-0.39, 0.29) is 17.8 Å². The zero-order valence-corrected chi connectivity index (χ0v) is 12.2. The van der Waals surface area contributed by atoms with Crippen LogP contribution in [0, 0.1) is 11.7 Å². The first kappa shape index (κ1) is 14.8. The number of nitrogens with one attached hydrogen (secondary N) is 2. The van der Waals surface area contributed by atoms with E-state index >= 15 is 0 Å². The highest BCUT2D eigenvalue weighted by molar-refractivity contribution is 5.91. The lowest BCUT2D eigenvalue weighted by Gasteiger charge is -2.26. The molecule has 0 radical (unpaired) electrons. The molecule has 1 heterocycles. The number of benzene rings is 1. The summed E-state index contributed by atoms with van der Waals surface area (Å²) in [4.78, 5) is 13.6. The molecule has 1 fully saturated rings. The molecular weight excluding hydrogens is 257 g/mol. The molecule has 1 aliphatic rings. The zero-order chi connectivity index (χ0) is 14.7. The fourth-order valence-electron chi connectivity index (χ4n) is 2.12. The topological polar surface area (TPSA) is 44.4 Å². The fraction of sp³-hybridized carbons (Fsp3) is 0.533. The minimum Gasteiger partial charge on any atom is -0.370 e. The lowest BCUT2D eigenvalue weighted by Crippen LogP contribution is -2.43. The molecule has 1 aromatic carbocycles. The smallest absolute Gasteiger partial charge is 0.224 e. The maximum Gasteiger partial charge on any atom is 0.224 e. The first-order chi connectivity index (χ1) is 9.47. The number of hydrogen-bond donors (Lipinski definition) is 2. The van der Waals surface area contributed by atoms with E-state index in [0.717, 1.165) is 13.1 Å². The van der Waals surface area contributed by atoms with Gasteiger partial charge in [-0.15, -0.1) is 0 Å². The van der Waals surface area contributed by atoms with Crippen molar-refractivity contribution in [2.45, 2.75) is 26.3 Å². The molecule has 4 nitrogen and oxygen atoms in total. The van der Waals surface area contributed by atoms with Crippen molar-refractivity contribution in [1.82, 2.24) is 5.32 Å². The fourth-order valence-corrected chi connectivity index (χ4v) is 2.12. The summed E-state index contributed by atoms with van der Waals surface area (Å²) in [5, 5.41) is 5.88. The van der Waals surface area contributed by atoms with Crippen LogP contribution in [0.3, 0.4) is 0 Å². The molecule has 0 spiro atoms. The molecule has 0 unspecified atom stereocenters. The van der Waals surface area contributed by atoms with Crippen LogP contribution in [0.4, 0.5) is 15.8 Å². The molecule has 1 saturated heterocycles. The molecule has 1 aliphatic heterocycles. The molecule has 0 bridgehead atoms. The molecule has 0 atom stereocenters. The number of halogens is 1. The monoisotopic (exact) mass is 279 g/mol. The van der Waals surface area contributed by atoms with Gasteiger partial charge in [-0.05, 0) is 51.1 Å². The molecule has 1 amide bonds. The Balaban J connectivity index is 1.99. The van der Waals surface area contributed by atoms with Crippen molar-refractivity contribution >= 4 is 17.3 Å². The van der Waals surface area contributed by atoms with Crippen LogP contribution >= 0.6 is 0 Å². The average Bonchev–Trinajstić information content (AvgIpc) is 2.33. The van der Waals surface area contributed by atoms with Gasteiger partial charge in [0.15, 0.2) is 0 Å². The van der Waals surface area contributed by atoms with E-state index in [4.69, 9.17) is 0 Å². The van der Waals surface area contributed by atoms with Crippen LogP contribution in [0.2, 0.25) is 0 Å². The number of rotatable bonds is 5. The van der Waals surface area contributed by atoms with E-state index < -0.39 is 0 Å². The molecular formula is C15H22FN3O. The van der Waals surface area contributed by atoms with Gasteiger partial charge < -0.3 is 15.5 Å². The third-order valence-electron chi connectivity index (χ3n) is 3.73. The molecule has 0 aromatic heterocycles. The third-order valence-corrected chi connectivity index (χ3v) is 3.73. The van der Waals surface area contributed by atoms with E-state index in [9.17, 15) is 9.18 Å². The third kappa shape index (κ3) is 3.48. The average molecular weight is 279 g/mol. The van der Waals surface area contributed by atoms with E-state index in [1.807, 2.05) is 25.8 Å². The minimum absolute atomic E-state index is 0.0548. The van der Waals surface area contributed by atoms with E-state index in [2.05, 4.69) is 10.6 Å². The van der Waals surface area contributed by atoms with Crippen LogP contribution in [0.15, 0.2) is 18.2 Å². The van der Waals surface area contributed by atoms with Gasteiger partial charge in [-0.3, -0.25) is 4.79 Å². The Bertz CT molecular complexity index is 486. The van der Waals surface area contributed by atoms with Crippen LogP contribution in [-0.4, -0.2) is 32.1 Å². The number of hydrogen-bond acceptors (Lipinski definition) is 3. The summed E-state index contributed by atoms with van der Waals surface area (Å²) in [6.45, 7) is 5.78. The molecule has 1 aromatic rings. The van der Waals surface area contributed by atoms with Crippen molar-refractivity contribution < 1.29 is 9.18 Å². The van der Waals surface area contributed by atoms with Gasteiger partial charge in [-0.25, -0.2) is 4.39 Å². The Kier molecular flexibility index (Phi) is 4.60. The van der Waals surface area contributed by atoms with Crippen LogP contribution in [0.1, 0.15) is 20.3 Å². The molecule has 2 rings (SSSR count). The molecule has 20 heavy (non-hydrogen) atoms. The summed E-state index contributed by atoms with van der Waals surface area (Å²) in [6, 6.07) is 5.05. The Hall–Kier alpha value is -1.62. The second-order valence-electron chi connectivity index (χ2n) is 5.65. The highest BCUT2D eigenvalue weighted by Crippen LogP contribution is 2.23. The normalized spacial score (nSPS) is 15.1. The summed E-state index contributed by atoms with van der Waals surface area (Å²) in [6.07, 6.45) is 0.488. The van der Waals surface area contributed by atoms with Crippen LogP contribution in [-0.2, 0) is 4.79 Å². The van der Waals surface area contributed by atoms with E-state index in [1.54, 1.807) is 12.1 Å². The van der Waals surface area contributed by atoms with E-state index in [0.29, 0.717) is 23.7 Å². The number of amides is 1. The van der Waals surface area contributed by atoms with Gasteiger partial charge >= 0.3 is 0 Å². The lowest BCUT2D eigenvalue weighted by atomic mass is 9.99. The summed E-state index contributed by atoms with van der Waals surface area (Å²) in [5.41, 5.74) is 1.06. The summed E-state index contributed by atoms with van der Waals surface area (Å²) >= 11 is 0. The highest BCUT2D eigenvalue weighted by atomic mass is 19.1. The SMILES string of the molecule is CC(C)N(C)c1ccc(NC(=O)CC2CNC2)cc1F. The van der Waals surface area contributed by atoms with Gasteiger partial charge in [0.25, 0.3) is 0 Å². The van der Waals surface area contributed by atoms with Crippen LogP contribution < -0.4 is 15.5 Å². The van der Waals surface area contributed by atoms with Gasteiger partial charge in [-0.1, -0.05) is 0 Å². The summed E-state index contributed by atoms with van der Waals surface area (Å²) < 4.78 is 14.0. The molecule has 110 valence electrons. The van der Waals surface area contributed by atoms with Gasteiger partial charge in [0.1, 0.15) is 5.82 Å². The zero-order valence-electron chi connectivity index (χ0n) is 12.2. The second kappa shape index (κ2) is 6.22. The predicted molar refractivity (Wildman–Crippen MR) is 79.5 cm³/mol. The molecule has 0 aliphatic carbocycles. The largest absolute Gasteiger partial charge is 0.370 e. The van der Waals surface area contributed by atoms with E-state index in [1.165, 1.54) is 6.07 Å². The first-order valence-electron chi connectivity index (χ1n) is 7.00. The van der Waals surface area contributed by atoms with Crippen molar-refractivity contribution in [3.8, 4) is 0 Å². The van der Waals surface area contributed by atoms with Gasteiger partial charge in [0.2, 0.25) is 5.91 Å². The van der Waals surface area contributed by atoms with Gasteiger partial charge in [0, 0.05) is 25.2 Å². The Morgan fingerprint density at radius 3 is 2.70 bits per heavy atom. The number of nitrogens with zero attached hydrogens (tertiary/aromatic N) is 1. The minimum atomic E-state index is -0.315. The maximum absolute atomic E-state index is 14.0. The standard InChI is InChI=1S/C15H22FN3O/c1-10(2)19(3)14-5-4-12(7-13(14)16)18-15(20)6-11-8-17-9-11/h4-5,7,10-11,17H,6,8-9H2,1-3H3,(H,18,20).